The summed E-state index contributed by atoms with van der Waals surface area (Å²) >= 11 is 1.63. The fourth-order valence-electron chi connectivity index (χ4n) is 4.28. The van der Waals surface area contributed by atoms with E-state index < -0.39 is 0 Å². The molecule has 0 unspecified atom stereocenters. The lowest BCUT2D eigenvalue weighted by atomic mass is 9.72. The number of quaternary nitrogens is 1. The van der Waals surface area contributed by atoms with Crippen LogP contribution in [0.15, 0.2) is 0 Å². The summed E-state index contributed by atoms with van der Waals surface area (Å²) in [6.45, 7) is 11.9. The van der Waals surface area contributed by atoms with Crippen molar-refractivity contribution < 1.29 is 9.69 Å². The Hall–Kier alpha value is -1.38. The molecule has 1 saturated heterocycles. The van der Waals surface area contributed by atoms with Crippen molar-refractivity contribution in [3.05, 3.63) is 16.0 Å². The van der Waals surface area contributed by atoms with E-state index in [0.717, 1.165) is 43.3 Å². The fraction of sp³-hybridized carbons (Fsp3) is 0.714. The maximum atomic E-state index is 12.5. The summed E-state index contributed by atoms with van der Waals surface area (Å²) in [5, 5.41) is 13.5. The first kappa shape index (κ1) is 19.4. The minimum absolute atomic E-state index is 0.0528. The van der Waals surface area contributed by atoms with E-state index >= 15 is 0 Å². The van der Waals surface area contributed by atoms with Gasteiger partial charge in [0.2, 0.25) is 0 Å². The van der Waals surface area contributed by atoms with Gasteiger partial charge in [-0.3, -0.25) is 4.79 Å². The number of nitrogens with zero attached hydrogens (tertiary/aromatic N) is 1. The smallest absolute Gasteiger partial charge is 0.280 e. The number of nitriles is 1. The molecule has 1 fully saturated rings. The first-order valence-corrected chi connectivity index (χ1v) is 10.8. The molecule has 1 aliphatic heterocycles. The van der Waals surface area contributed by atoms with Crippen LogP contribution in [0.2, 0.25) is 0 Å². The van der Waals surface area contributed by atoms with E-state index in [1.165, 1.54) is 28.2 Å². The van der Waals surface area contributed by atoms with Crippen molar-refractivity contribution in [3.8, 4) is 6.07 Å². The molecule has 2 heterocycles. The average molecular weight is 375 g/mol. The fourth-order valence-corrected chi connectivity index (χ4v) is 5.57. The zero-order valence-electron chi connectivity index (χ0n) is 16.6. The van der Waals surface area contributed by atoms with Gasteiger partial charge in [-0.15, -0.1) is 11.3 Å². The molecule has 4 nitrogen and oxygen atoms in total. The second-order valence-corrected chi connectivity index (χ2v) is 10.4. The van der Waals surface area contributed by atoms with Crippen molar-refractivity contribution in [2.75, 3.05) is 25.0 Å². The molecule has 1 aliphatic carbocycles. The third-order valence-electron chi connectivity index (χ3n) is 6.25. The second-order valence-electron chi connectivity index (χ2n) is 9.28. The molecule has 0 radical (unpaired) electrons. The molecule has 1 atom stereocenters. The Kier molecular flexibility index (Phi) is 5.74. The Morgan fingerprint density at radius 2 is 2.00 bits per heavy atom. The lowest BCUT2D eigenvalue weighted by molar-refractivity contribution is -0.897. The maximum absolute atomic E-state index is 12.5. The van der Waals surface area contributed by atoms with Crippen LogP contribution < -0.4 is 10.2 Å². The third kappa shape index (κ3) is 4.29. The largest absolute Gasteiger partial charge is 0.327 e. The number of carbonyl (C=O) groups is 1. The maximum Gasteiger partial charge on any atom is 0.280 e. The lowest BCUT2D eigenvalue weighted by Crippen LogP contribution is -3.14. The van der Waals surface area contributed by atoms with Gasteiger partial charge in [0.25, 0.3) is 5.91 Å². The number of amides is 1. The number of likely N-dealkylation sites (tertiary alicyclic amines) is 1. The van der Waals surface area contributed by atoms with Gasteiger partial charge >= 0.3 is 0 Å². The van der Waals surface area contributed by atoms with Crippen molar-refractivity contribution in [2.24, 2.45) is 17.3 Å². The van der Waals surface area contributed by atoms with E-state index in [9.17, 15) is 10.1 Å². The summed E-state index contributed by atoms with van der Waals surface area (Å²) in [6, 6.07) is 2.36. The molecular formula is C21H32N3OS+. The number of carbonyl (C=O) groups excluding carboxylic acids is 1. The topological polar surface area (TPSA) is 57.3 Å². The van der Waals surface area contributed by atoms with Gasteiger partial charge < -0.3 is 10.2 Å². The van der Waals surface area contributed by atoms with Gasteiger partial charge in [-0.25, -0.2) is 0 Å². The summed E-state index contributed by atoms with van der Waals surface area (Å²) in [5.74, 6) is 1.48. The van der Waals surface area contributed by atoms with Crippen molar-refractivity contribution in [1.82, 2.24) is 0 Å². The van der Waals surface area contributed by atoms with E-state index in [0.29, 0.717) is 18.0 Å². The average Bonchev–Trinajstić information content (AvgIpc) is 2.92. The first-order chi connectivity index (χ1) is 12.3. The van der Waals surface area contributed by atoms with Crippen LogP contribution in [0, 0.1) is 28.6 Å². The standard InChI is InChI=1S/C21H31N3OS/c1-14-7-9-24(10-8-14)13-19(25)23-20-17(12-22)16-6-5-15(21(2,3)4)11-18(16)26-20/h14-15H,5-11,13H2,1-4H3,(H,23,25)/p+1/t15-/m0/s1. The van der Waals surface area contributed by atoms with E-state index in [4.69, 9.17) is 0 Å². The molecule has 0 bridgehead atoms. The van der Waals surface area contributed by atoms with Crippen molar-refractivity contribution in [3.63, 3.8) is 0 Å². The van der Waals surface area contributed by atoms with Gasteiger partial charge in [-0.2, -0.15) is 5.26 Å². The SMILES string of the molecule is CC1CC[NH+](CC(=O)Nc2sc3c(c2C#N)CC[C@H](C(C)(C)C)C3)CC1. The molecular weight excluding hydrogens is 342 g/mol. The molecule has 1 aromatic heterocycles. The number of anilines is 1. The Balaban J connectivity index is 1.68. The Labute approximate surface area is 161 Å². The van der Waals surface area contributed by atoms with Crippen molar-refractivity contribution in [1.29, 1.82) is 5.26 Å². The number of piperidine rings is 1. The van der Waals surface area contributed by atoms with Crippen LogP contribution >= 0.6 is 11.3 Å². The summed E-state index contributed by atoms with van der Waals surface area (Å²) in [5.41, 5.74) is 2.19. The van der Waals surface area contributed by atoms with E-state index in [2.05, 4.69) is 39.1 Å². The van der Waals surface area contributed by atoms with Crippen molar-refractivity contribution >= 4 is 22.2 Å². The van der Waals surface area contributed by atoms with Crippen LogP contribution in [-0.2, 0) is 17.6 Å². The van der Waals surface area contributed by atoms with Gasteiger partial charge in [-0.1, -0.05) is 27.7 Å². The van der Waals surface area contributed by atoms with Crippen molar-refractivity contribution in [2.45, 2.75) is 59.8 Å². The summed E-state index contributed by atoms with van der Waals surface area (Å²) in [6.07, 6.45) is 5.53. The molecule has 0 spiro atoms. The molecule has 2 N–H and O–H groups in total. The highest BCUT2D eigenvalue weighted by molar-refractivity contribution is 7.16. The highest BCUT2D eigenvalue weighted by Crippen LogP contribution is 2.43. The quantitative estimate of drug-likeness (QED) is 0.854. The minimum atomic E-state index is 0.0528. The first-order valence-electron chi connectivity index (χ1n) is 9.96. The Morgan fingerprint density at radius 1 is 1.31 bits per heavy atom. The van der Waals surface area contributed by atoms with E-state index in [1.54, 1.807) is 11.3 Å². The monoisotopic (exact) mass is 374 g/mol. The molecule has 26 heavy (non-hydrogen) atoms. The molecule has 1 aromatic rings. The summed E-state index contributed by atoms with van der Waals surface area (Å²) < 4.78 is 0. The van der Waals surface area contributed by atoms with Gasteiger partial charge in [0.1, 0.15) is 11.1 Å². The zero-order chi connectivity index (χ0) is 18.9. The molecule has 5 heteroatoms. The molecule has 2 aliphatic rings. The van der Waals surface area contributed by atoms with Gasteiger partial charge in [0, 0.05) is 4.88 Å². The Morgan fingerprint density at radius 3 is 2.62 bits per heavy atom. The van der Waals surface area contributed by atoms with Gasteiger partial charge in [0.05, 0.1) is 18.7 Å². The predicted molar refractivity (Wildman–Crippen MR) is 107 cm³/mol. The van der Waals surface area contributed by atoms with Crippen LogP contribution in [0.5, 0.6) is 0 Å². The summed E-state index contributed by atoms with van der Waals surface area (Å²) in [7, 11) is 0. The molecule has 142 valence electrons. The molecule has 0 aromatic carbocycles. The molecule has 0 saturated carbocycles. The van der Waals surface area contributed by atoms with Gasteiger partial charge in [0.15, 0.2) is 6.54 Å². The minimum Gasteiger partial charge on any atom is -0.327 e. The normalized spacial score (nSPS) is 26.0. The Bertz CT molecular complexity index is 702. The highest BCUT2D eigenvalue weighted by Gasteiger charge is 2.32. The number of rotatable bonds is 3. The number of hydrogen-bond acceptors (Lipinski definition) is 3. The number of fused-ring (bicyclic) bond motifs is 1. The number of nitrogens with one attached hydrogen (secondary N) is 2. The van der Waals surface area contributed by atoms with E-state index in [-0.39, 0.29) is 11.3 Å². The zero-order valence-corrected chi connectivity index (χ0v) is 17.4. The third-order valence-corrected chi connectivity index (χ3v) is 7.42. The van der Waals surface area contributed by atoms with E-state index in [1.807, 2.05) is 0 Å². The van der Waals surface area contributed by atoms with Crippen LogP contribution in [0.1, 0.15) is 63.0 Å². The van der Waals surface area contributed by atoms with Crippen LogP contribution in [0.3, 0.4) is 0 Å². The molecule has 3 rings (SSSR count). The van der Waals surface area contributed by atoms with Gasteiger partial charge in [-0.05, 0) is 54.9 Å². The molecule has 1 amide bonds. The highest BCUT2D eigenvalue weighted by atomic mass is 32.1. The summed E-state index contributed by atoms with van der Waals surface area (Å²) in [4.78, 5) is 15.2. The second kappa shape index (κ2) is 7.70. The van der Waals surface area contributed by atoms with Crippen LogP contribution in [-0.4, -0.2) is 25.5 Å². The number of hydrogen-bond donors (Lipinski definition) is 2. The number of thiophene rings is 1. The predicted octanol–water partition coefficient (Wildman–Crippen LogP) is 3.02. The lowest BCUT2D eigenvalue weighted by Gasteiger charge is -2.33. The van der Waals surface area contributed by atoms with Crippen LogP contribution in [0.25, 0.3) is 0 Å². The van der Waals surface area contributed by atoms with Crippen LogP contribution in [0.4, 0.5) is 5.00 Å².